The van der Waals surface area contributed by atoms with Gasteiger partial charge in [-0.25, -0.2) is 0 Å². The van der Waals surface area contributed by atoms with Crippen molar-refractivity contribution in [3.8, 4) is 0 Å². The summed E-state index contributed by atoms with van der Waals surface area (Å²) < 4.78 is 0. The summed E-state index contributed by atoms with van der Waals surface area (Å²) in [6, 6.07) is 9.53. The van der Waals surface area contributed by atoms with Gasteiger partial charge in [-0.3, -0.25) is 4.79 Å². The summed E-state index contributed by atoms with van der Waals surface area (Å²) in [4.78, 5) is 10.3. The SMILES string of the molecule is NC(=O)C=Cc1ccccc1.[KH]. The van der Waals surface area contributed by atoms with Crippen molar-refractivity contribution in [2.24, 2.45) is 5.73 Å². The molecule has 0 unspecified atom stereocenters. The molecule has 1 aromatic carbocycles. The molecule has 0 aliphatic heterocycles. The number of rotatable bonds is 2. The van der Waals surface area contributed by atoms with Crippen LogP contribution in [-0.2, 0) is 4.79 Å². The quantitative estimate of drug-likeness (QED) is 0.533. The summed E-state index contributed by atoms with van der Waals surface area (Å²) in [6.45, 7) is 0. The van der Waals surface area contributed by atoms with E-state index in [0.717, 1.165) is 5.56 Å². The normalized spacial score (nSPS) is 9.33. The second-order valence-electron chi connectivity index (χ2n) is 2.15. The van der Waals surface area contributed by atoms with Crippen molar-refractivity contribution in [2.75, 3.05) is 0 Å². The van der Waals surface area contributed by atoms with E-state index in [-0.39, 0.29) is 51.4 Å². The summed E-state index contributed by atoms with van der Waals surface area (Å²) in [6.07, 6.45) is 3.03. The Morgan fingerprint density at radius 2 is 1.83 bits per heavy atom. The van der Waals surface area contributed by atoms with Crippen LogP contribution >= 0.6 is 0 Å². The second-order valence-corrected chi connectivity index (χ2v) is 2.15. The molecule has 1 amide bonds. The molecule has 0 bridgehead atoms. The predicted molar refractivity (Wildman–Crippen MR) is 51.8 cm³/mol. The van der Waals surface area contributed by atoms with Crippen molar-refractivity contribution < 1.29 is 4.79 Å². The molecule has 0 heterocycles. The van der Waals surface area contributed by atoms with E-state index in [1.165, 1.54) is 6.08 Å². The molecule has 0 spiro atoms. The third-order valence-corrected chi connectivity index (χ3v) is 1.24. The number of hydrogen-bond acceptors (Lipinski definition) is 1. The van der Waals surface area contributed by atoms with E-state index in [1.54, 1.807) is 6.08 Å². The minimum atomic E-state index is -0.422. The van der Waals surface area contributed by atoms with Crippen LogP contribution in [-0.4, -0.2) is 57.3 Å². The van der Waals surface area contributed by atoms with E-state index >= 15 is 0 Å². The van der Waals surface area contributed by atoms with Gasteiger partial charge >= 0.3 is 51.4 Å². The third-order valence-electron chi connectivity index (χ3n) is 1.24. The van der Waals surface area contributed by atoms with E-state index < -0.39 is 5.91 Å². The summed E-state index contributed by atoms with van der Waals surface area (Å²) >= 11 is 0. The molecule has 2 N–H and O–H groups in total. The molecule has 0 saturated carbocycles. The Labute approximate surface area is 114 Å². The third kappa shape index (κ3) is 4.85. The van der Waals surface area contributed by atoms with Crippen LogP contribution in [0.3, 0.4) is 0 Å². The Morgan fingerprint density at radius 1 is 1.25 bits per heavy atom. The van der Waals surface area contributed by atoms with Gasteiger partial charge in [0.25, 0.3) is 0 Å². The topological polar surface area (TPSA) is 43.1 Å². The Hall–Kier alpha value is 0.0664. The summed E-state index contributed by atoms with van der Waals surface area (Å²) in [7, 11) is 0. The molecular weight excluding hydrogens is 177 g/mol. The fourth-order valence-electron chi connectivity index (χ4n) is 0.743. The Morgan fingerprint density at radius 3 is 2.33 bits per heavy atom. The zero-order valence-electron chi connectivity index (χ0n) is 6.03. The number of hydrogen-bond donors (Lipinski definition) is 1. The van der Waals surface area contributed by atoms with E-state index in [1.807, 2.05) is 30.3 Å². The van der Waals surface area contributed by atoms with Crippen LogP contribution in [0.1, 0.15) is 5.56 Å². The monoisotopic (exact) mass is 187 g/mol. The standard InChI is InChI=1S/C9H9NO.K.H/c10-9(11)7-6-8-4-2-1-3-5-8;;/h1-7H,(H2,10,11);;. The average molecular weight is 187 g/mol. The van der Waals surface area contributed by atoms with Crippen molar-refractivity contribution in [1.82, 2.24) is 0 Å². The van der Waals surface area contributed by atoms with Gasteiger partial charge < -0.3 is 5.73 Å². The summed E-state index contributed by atoms with van der Waals surface area (Å²) in [5, 5.41) is 0. The van der Waals surface area contributed by atoms with Crippen molar-refractivity contribution in [3.63, 3.8) is 0 Å². The number of amides is 1. The molecule has 1 aromatic rings. The van der Waals surface area contributed by atoms with Crippen LogP contribution in [0.2, 0.25) is 0 Å². The molecule has 3 heteroatoms. The van der Waals surface area contributed by atoms with Gasteiger partial charge in [0.2, 0.25) is 5.91 Å². The van der Waals surface area contributed by atoms with Gasteiger partial charge in [0, 0.05) is 6.08 Å². The van der Waals surface area contributed by atoms with Gasteiger partial charge in [-0.05, 0) is 11.6 Å². The molecule has 0 aliphatic carbocycles. The fraction of sp³-hybridized carbons (Fsp3) is 0. The van der Waals surface area contributed by atoms with Gasteiger partial charge in [-0.15, -0.1) is 0 Å². The van der Waals surface area contributed by atoms with Crippen LogP contribution in [0, 0.1) is 0 Å². The van der Waals surface area contributed by atoms with Crippen molar-refractivity contribution in [1.29, 1.82) is 0 Å². The van der Waals surface area contributed by atoms with Crippen molar-refractivity contribution in [2.45, 2.75) is 0 Å². The summed E-state index contributed by atoms with van der Waals surface area (Å²) in [5.74, 6) is -0.422. The predicted octanol–water partition coefficient (Wildman–Crippen LogP) is 0.537. The molecule has 0 atom stereocenters. The molecule has 0 saturated heterocycles. The Kier molecular flexibility index (Phi) is 6.60. The first-order valence-corrected chi connectivity index (χ1v) is 3.31. The number of nitrogens with two attached hydrogens (primary N) is 1. The molecule has 0 radical (unpaired) electrons. The Bertz CT molecular complexity index is 269. The minimum absolute atomic E-state index is 0. The first-order chi connectivity index (χ1) is 5.29. The van der Waals surface area contributed by atoms with Crippen LogP contribution in [0.25, 0.3) is 6.08 Å². The molecule has 12 heavy (non-hydrogen) atoms. The fourth-order valence-corrected chi connectivity index (χ4v) is 0.743. The molecular formula is C9H10KNO. The average Bonchev–Trinajstić information content (AvgIpc) is 2.03. The van der Waals surface area contributed by atoms with Gasteiger partial charge in [0.1, 0.15) is 0 Å². The zero-order chi connectivity index (χ0) is 8.10. The number of carbonyl (C=O) groups is 1. The maximum atomic E-state index is 10.3. The number of primary amides is 1. The Balaban J connectivity index is 0.00000121. The van der Waals surface area contributed by atoms with E-state index in [2.05, 4.69) is 0 Å². The van der Waals surface area contributed by atoms with Gasteiger partial charge in [0.15, 0.2) is 0 Å². The van der Waals surface area contributed by atoms with E-state index in [0.29, 0.717) is 0 Å². The molecule has 0 fully saturated rings. The van der Waals surface area contributed by atoms with Gasteiger partial charge in [-0.2, -0.15) is 0 Å². The molecule has 0 aliphatic rings. The molecule has 1 rings (SSSR count). The first kappa shape index (κ1) is 12.1. The van der Waals surface area contributed by atoms with Gasteiger partial charge in [0.05, 0.1) is 0 Å². The van der Waals surface area contributed by atoms with Crippen molar-refractivity contribution >= 4 is 63.4 Å². The number of carbonyl (C=O) groups excluding carboxylic acids is 1. The number of benzene rings is 1. The maximum absolute atomic E-state index is 10.3. The van der Waals surface area contributed by atoms with E-state index in [4.69, 9.17) is 5.73 Å². The van der Waals surface area contributed by atoms with Crippen LogP contribution in [0.5, 0.6) is 0 Å². The first-order valence-electron chi connectivity index (χ1n) is 3.31. The van der Waals surface area contributed by atoms with Crippen LogP contribution < -0.4 is 5.73 Å². The molecule has 0 aromatic heterocycles. The molecule has 58 valence electrons. The zero-order valence-corrected chi connectivity index (χ0v) is 6.03. The van der Waals surface area contributed by atoms with Gasteiger partial charge in [-0.1, -0.05) is 30.3 Å². The van der Waals surface area contributed by atoms with Crippen LogP contribution in [0.15, 0.2) is 36.4 Å². The van der Waals surface area contributed by atoms with E-state index in [9.17, 15) is 4.79 Å². The van der Waals surface area contributed by atoms with Crippen molar-refractivity contribution in [3.05, 3.63) is 42.0 Å². The summed E-state index contributed by atoms with van der Waals surface area (Å²) in [5.41, 5.74) is 5.89. The molecule has 2 nitrogen and oxygen atoms in total. The second kappa shape index (κ2) is 6.57. The van der Waals surface area contributed by atoms with Crippen LogP contribution in [0.4, 0.5) is 0 Å².